The zero-order chi connectivity index (χ0) is 17.9. The van der Waals surface area contributed by atoms with Gasteiger partial charge in [0, 0.05) is 42.8 Å². The molecule has 0 spiro atoms. The van der Waals surface area contributed by atoms with Gasteiger partial charge in [-0.25, -0.2) is 9.78 Å². The van der Waals surface area contributed by atoms with Crippen LogP contribution in [0.2, 0.25) is 5.02 Å². The molecule has 1 aromatic carbocycles. The second-order valence-corrected chi connectivity index (χ2v) is 7.55. The molecule has 2 aromatic rings. The highest BCUT2D eigenvalue weighted by molar-refractivity contribution is 6.30. The molecule has 0 atom stereocenters. The number of rotatable bonds is 2. The summed E-state index contributed by atoms with van der Waals surface area (Å²) in [5.74, 6) is 0.538. The van der Waals surface area contributed by atoms with Crippen LogP contribution < -0.4 is 0 Å². The Morgan fingerprint density at radius 2 is 1.67 bits per heavy atom. The molecule has 1 saturated carbocycles. The van der Waals surface area contributed by atoms with E-state index in [1.165, 1.54) is 43.1 Å². The zero-order valence-corrected chi connectivity index (χ0v) is 16.8. The molecule has 1 saturated heterocycles. The van der Waals surface area contributed by atoms with Crippen molar-refractivity contribution in [1.82, 2.24) is 24.6 Å². The molecule has 2 heterocycles. The van der Waals surface area contributed by atoms with Crippen molar-refractivity contribution in [1.29, 1.82) is 0 Å². The van der Waals surface area contributed by atoms with Crippen molar-refractivity contribution in [2.24, 2.45) is 0 Å². The van der Waals surface area contributed by atoms with Crippen LogP contribution in [-0.4, -0.2) is 62.8 Å². The molecule has 1 aromatic heterocycles. The van der Waals surface area contributed by atoms with Gasteiger partial charge in [-0.3, -0.25) is 4.90 Å². The molecule has 0 unspecified atom stereocenters. The van der Waals surface area contributed by atoms with Crippen molar-refractivity contribution in [3.05, 3.63) is 35.6 Å². The summed E-state index contributed by atoms with van der Waals surface area (Å²) in [7, 11) is 0. The Morgan fingerprint density at radius 1 is 1.00 bits per heavy atom. The summed E-state index contributed by atoms with van der Waals surface area (Å²) in [6, 6.07) is 7.92. The van der Waals surface area contributed by atoms with E-state index in [4.69, 9.17) is 11.6 Å². The number of amides is 1. The second kappa shape index (κ2) is 9.04. The number of hydrogen-bond donors (Lipinski definition) is 0. The number of carbonyl (C=O) groups excluding carboxylic acids is 1. The minimum Gasteiger partial charge on any atom is -0.320 e. The SMILES string of the molecule is Cl.O=C(N1CCN(C2CCCCC2)CC1)n1cnc(-c2ccc(Cl)cc2)n1. The zero-order valence-electron chi connectivity index (χ0n) is 15.3. The fourth-order valence-corrected chi connectivity index (χ4v) is 4.08. The van der Waals surface area contributed by atoms with Crippen LogP contribution in [0.15, 0.2) is 30.6 Å². The Morgan fingerprint density at radius 3 is 2.33 bits per heavy atom. The Balaban J connectivity index is 0.00000210. The molecule has 0 N–H and O–H groups in total. The molecule has 146 valence electrons. The summed E-state index contributed by atoms with van der Waals surface area (Å²) < 4.78 is 1.35. The highest BCUT2D eigenvalue weighted by Gasteiger charge is 2.28. The molecule has 1 aliphatic heterocycles. The first-order valence-electron chi connectivity index (χ1n) is 9.41. The predicted octanol–water partition coefficient (Wildman–Crippen LogP) is 3.94. The van der Waals surface area contributed by atoms with Crippen LogP contribution in [0.3, 0.4) is 0 Å². The molecule has 0 radical (unpaired) electrons. The van der Waals surface area contributed by atoms with Gasteiger partial charge in [-0.2, -0.15) is 4.68 Å². The van der Waals surface area contributed by atoms with Gasteiger partial charge >= 0.3 is 6.03 Å². The van der Waals surface area contributed by atoms with Gasteiger partial charge in [0.05, 0.1) is 0 Å². The number of benzene rings is 1. The summed E-state index contributed by atoms with van der Waals surface area (Å²) in [6.07, 6.45) is 8.17. The lowest BCUT2D eigenvalue weighted by Crippen LogP contribution is -2.53. The molecule has 2 fully saturated rings. The number of carbonyl (C=O) groups is 1. The molecule has 1 amide bonds. The average molecular weight is 410 g/mol. The number of piperazine rings is 1. The van der Waals surface area contributed by atoms with Crippen LogP contribution in [0.5, 0.6) is 0 Å². The van der Waals surface area contributed by atoms with Crippen LogP contribution in [0.25, 0.3) is 11.4 Å². The Hall–Kier alpha value is -1.63. The van der Waals surface area contributed by atoms with Gasteiger partial charge in [0.15, 0.2) is 5.82 Å². The number of nitrogens with zero attached hydrogens (tertiary/aromatic N) is 5. The largest absolute Gasteiger partial charge is 0.346 e. The molecule has 6 nitrogen and oxygen atoms in total. The van der Waals surface area contributed by atoms with E-state index >= 15 is 0 Å². The Labute approximate surface area is 170 Å². The molecular weight excluding hydrogens is 385 g/mol. The first kappa shape index (κ1) is 20.1. The van der Waals surface area contributed by atoms with Gasteiger partial charge in [-0.15, -0.1) is 17.5 Å². The van der Waals surface area contributed by atoms with Gasteiger partial charge in [0.1, 0.15) is 6.33 Å². The third-order valence-corrected chi connectivity index (χ3v) is 5.72. The first-order chi connectivity index (χ1) is 12.7. The van der Waals surface area contributed by atoms with Crippen LogP contribution in [0.4, 0.5) is 4.79 Å². The minimum absolute atomic E-state index is 0. The van der Waals surface area contributed by atoms with Crippen molar-refractivity contribution < 1.29 is 4.79 Å². The summed E-state index contributed by atoms with van der Waals surface area (Å²) in [6.45, 7) is 3.42. The number of hydrogen-bond acceptors (Lipinski definition) is 4. The maximum absolute atomic E-state index is 12.7. The van der Waals surface area contributed by atoms with Crippen molar-refractivity contribution in [3.8, 4) is 11.4 Å². The van der Waals surface area contributed by atoms with E-state index in [0.717, 1.165) is 31.7 Å². The molecule has 4 rings (SSSR count). The molecule has 8 heteroatoms. The highest BCUT2D eigenvalue weighted by Crippen LogP contribution is 2.23. The van der Waals surface area contributed by atoms with Gasteiger partial charge in [-0.1, -0.05) is 30.9 Å². The molecule has 27 heavy (non-hydrogen) atoms. The second-order valence-electron chi connectivity index (χ2n) is 7.12. The van der Waals surface area contributed by atoms with Gasteiger partial charge < -0.3 is 4.90 Å². The predicted molar refractivity (Wildman–Crippen MR) is 109 cm³/mol. The van der Waals surface area contributed by atoms with Gasteiger partial charge in [-0.05, 0) is 37.1 Å². The van der Waals surface area contributed by atoms with Crippen LogP contribution in [-0.2, 0) is 0 Å². The van der Waals surface area contributed by atoms with Crippen LogP contribution in [0, 0.1) is 0 Å². The molecule has 2 aliphatic rings. The summed E-state index contributed by atoms with van der Waals surface area (Å²) in [5, 5.41) is 5.02. The fourth-order valence-electron chi connectivity index (χ4n) is 3.96. The van der Waals surface area contributed by atoms with E-state index in [1.54, 1.807) is 12.1 Å². The van der Waals surface area contributed by atoms with E-state index < -0.39 is 0 Å². The average Bonchev–Trinajstić information content (AvgIpc) is 3.19. The van der Waals surface area contributed by atoms with Crippen LogP contribution >= 0.6 is 24.0 Å². The Kier molecular flexibility index (Phi) is 6.73. The normalized spacial score (nSPS) is 18.9. The lowest BCUT2D eigenvalue weighted by atomic mass is 9.94. The van der Waals surface area contributed by atoms with E-state index in [2.05, 4.69) is 15.0 Å². The van der Waals surface area contributed by atoms with Gasteiger partial charge in [0.25, 0.3) is 0 Å². The quantitative estimate of drug-likeness (QED) is 0.753. The minimum atomic E-state index is -0.0963. The first-order valence-corrected chi connectivity index (χ1v) is 9.79. The fraction of sp³-hybridized carbons (Fsp3) is 0.526. The van der Waals surface area contributed by atoms with E-state index in [1.807, 2.05) is 17.0 Å². The Bertz CT molecular complexity index is 750. The lowest BCUT2D eigenvalue weighted by Gasteiger charge is -2.40. The molecule has 1 aliphatic carbocycles. The van der Waals surface area contributed by atoms with E-state index in [9.17, 15) is 4.79 Å². The van der Waals surface area contributed by atoms with Crippen molar-refractivity contribution in [2.45, 2.75) is 38.1 Å². The van der Waals surface area contributed by atoms with E-state index in [0.29, 0.717) is 16.9 Å². The van der Waals surface area contributed by atoms with Crippen molar-refractivity contribution in [2.75, 3.05) is 26.2 Å². The smallest absolute Gasteiger partial charge is 0.320 e. The topological polar surface area (TPSA) is 54.3 Å². The highest BCUT2D eigenvalue weighted by atomic mass is 35.5. The van der Waals surface area contributed by atoms with E-state index in [-0.39, 0.29) is 18.4 Å². The maximum atomic E-state index is 12.7. The van der Waals surface area contributed by atoms with Crippen molar-refractivity contribution in [3.63, 3.8) is 0 Å². The van der Waals surface area contributed by atoms with Gasteiger partial charge in [0.2, 0.25) is 0 Å². The monoisotopic (exact) mass is 409 g/mol. The molecular formula is C19H25Cl2N5O. The number of aromatic nitrogens is 3. The van der Waals surface area contributed by atoms with Crippen molar-refractivity contribution >= 4 is 30.0 Å². The third kappa shape index (κ3) is 4.62. The standard InChI is InChI=1S/C19H24ClN5O.ClH/c20-16-8-6-15(7-9-16)18-21-14-25(22-18)19(26)24-12-10-23(11-13-24)17-4-2-1-3-5-17;/h6-9,14,17H,1-5,10-13H2;1H. The summed E-state index contributed by atoms with van der Waals surface area (Å²) in [4.78, 5) is 21.4. The third-order valence-electron chi connectivity index (χ3n) is 5.47. The summed E-state index contributed by atoms with van der Waals surface area (Å²) in [5.41, 5.74) is 0.850. The number of halogens is 2. The summed E-state index contributed by atoms with van der Waals surface area (Å²) >= 11 is 5.91. The maximum Gasteiger partial charge on any atom is 0.346 e. The lowest BCUT2D eigenvalue weighted by molar-refractivity contribution is 0.0902. The van der Waals surface area contributed by atoms with Crippen LogP contribution in [0.1, 0.15) is 32.1 Å². The molecule has 0 bridgehead atoms.